The largest absolute Gasteiger partial charge is 0.497 e. The van der Waals surface area contributed by atoms with E-state index in [1.807, 2.05) is 52.0 Å². The van der Waals surface area contributed by atoms with Crippen molar-refractivity contribution in [1.29, 1.82) is 0 Å². The molecule has 1 N–H and O–H groups in total. The Hall–Kier alpha value is -4.05. The van der Waals surface area contributed by atoms with E-state index in [9.17, 15) is 18.0 Å². The highest BCUT2D eigenvalue weighted by Crippen LogP contribution is 2.36. The topological polar surface area (TPSA) is 105 Å². The predicted molar refractivity (Wildman–Crippen MR) is 160 cm³/mol. The summed E-state index contributed by atoms with van der Waals surface area (Å²) in [5, 5.41) is 2.85. The lowest BCUT2D eigenvalue weighted by Crippen LogP contribution is -2.52. The monoisotopic (exact) mass is 581 g/mol. The predicted octanol–water partition coefficient (Wildman–Crippen LogP) is 4.46. The average Bonchev–Trinajstić information content (AvgIpc) is 2.94. The van der Waals surface area contributed by atoms with Crippen LogP contribution in [0.25, 0.3) is 0 Å². The molecule has 0 bridgehead atoms. The van der Waals surface area contributed by atoms with Crippen LogP contribution in [-0.4, -0.2) is 58.0 Å². The molecule has 0 radical (unpaired) electrons. The highest BCUT2D eigenvalue weighted by Gasteiger charge is 2.34. The van der Waals surface area contributed by atoms with Gasteiger partial charge in [-0.05, 0) is 64.4 Å². The Morgan fingerprint density at radius 1 is 0.854 bits per heavy atom. The van der Waals surface area contributed by atoms with Crippen LogP contribution in [0.1, 0.15) is 37.5 Å². The van der Waals surface area contributed by atoms with Gasteiger partial charge in [0.25, 0.3) is 10.0 Å². The Labute approximate surface area is 243 Å². The van der Waals surface area contributed by atoms with Crippen LogP contribution in [0.15, 0.2) is 71.6 Å². The number of methoxy groups -OCH3 is 2. The molecule has 0 heterocycles. The molecule has 0 saturated carbocycles. The van der Waals surface area contributed by atoms with Crippen LogP contribution in [0.2, 0.25) is 0 Å². The molecular weight excluding hydrogens is 542 g/mol. The van der Waals surface area contributed by atoms with Gasteiger partial charge in [-0.25, -0.2) is 8.42 Å². The average molecular weight is 582 g/mol. The van der Waals surface area contributed by atoms with E-state index < -0.39 is 28.5 Å². The number of nitrogens with zero attached hydrogens (tertiary/aromatic N) is 2. The van der Waals surface area contributed by atoms with Crippen molar-refractivity contribution in [3.8, 4) is 11.5 Å². The third-order valence-corrected chi connectivity index (χ3v) is 8.39. The van der Waals surface area contributed by atoms with Gasteiger partial charge in [0.05, 0.1) is 24.8 Å². The van der Waals surface area contributed by atoms with Crippen molar-refractivity contribution in [2.45, 2.75) is 58.1 Å². The molecule has 220 valence electrons. The summed E-state index contributed by atoms with van der Waals surface area (Å²) in [6, 6.07) is 17.7. The minimum absolute atomic E-state index is 0.0106. The molecule has 0 unspecified atom stereocenters. The Kier molecular flexibility index (Phi) is 10.4. The van der Waals surface area contributed by atoms with Crippen LogP contribution in [0.4, 0.5) is 5.69 Å². The smallest absolute Gasteiger partial charge is 0.264 e. The second-order valence-electron chi connectivity index (χ2n) is 10.2. The van der Waals surface area contributed by atoms with Crippen molar-refractivity contribution in [3.05, 3.63) is 83.4 Å². The van der Waals surface area contributed by atoms with E-state index >= 15 is 0 Å². The van der Waals surface area contributed by atoms with E-state index in [2.05, 4.69) is 5.32 Å². The van der Waals surface area contributed by atoms with Crippen LogP contribution in [-0.2, 0) is 26.2 Å². The van der Waals surface area contributed by atoms with E-state index in [4.69, 9.17) is 9.47 Å². The van der Waals surface area contributed by atoms with Gasteiger partial charge < -0.3 is 19.7 Å². The quantitative estimate of drug-likeness (QED) is 0.339. The maximum absolute atomic E-state index is 14.1. The van der Waals surface area contributed by atoms with Crippen molar-refractivity contribution in [2.24, 2.45) is 0 Å². The lowest BCUT2D eigenvalue weighted by atomic mass is 10.1. The normalized spacial score (nSPS) is 12.0. The van der Waals surface area contributed by atoms with E-state index in [0.29, 0.717) is 5.75 Å². The van der Waals surface area contributed by atoms with Crippen molar-refractivity contribution in [3.63, 3.8) is 0 Å². The number of anilines is 1. The molecule has 2 amide bonds. The standard InChI is InChI=1S/C31H39N3O6S/c1-21(2)32-31(36)24(5)33(19-25-12-8-22(3)9-13-25)30(35)20-34(28-18-26(39-6)14-17-29(28)40-7)41(37,38)27-15-10-23(4)11-16-27/h8-18,21,24H,19-20H2,1-7H3,(H,32,36)/t24-/m1/s1. The summed E-state index contributed by atoms with van der Waals surface area (Å²) in [6.07, 6.45) is 0. The second-order valence-corrected chi connectivity index (χ2v) is 12.1. The number of hydrogen-bond donors (Lipinski definition) is 1. The maximum atomic E-state index is 14.1. The van der Waals surface area contributed by atoms with E-state index in [1.165, 1.54) is 37.3 Å². The summed E-state index contributed by atoms with van der Waals surface area (Å²) in [7, 11) is -1.36. The molecule has 1 atom stereocenters. The molecule has 3 aromatic rings. The van der Waals surface area contributed by atoms with Crippen LogP contribution in [0, 0.1) is 13.8 Å². The molecule has 0 saturated heterocycles. The molecule has 0 spiro atoms. The van der Waals surface area contributed by atoms with Gasteiger partial charge in [-0.1, -0.05) is 47.5 Å². The fourth-order valence-electron chi connectivity index (χ4n) is 4.22. The summed E-state index contributed by atoms with van der Waals surface area (Å²) < 4.78 is 40.1. The first-order chi connectivity index (χ1) is 19.4. The lowest BCUT2D eigenvalue weighted by molar-refractivity contribution is -0.139. The molecule has 0 aliphatic heterocycles. The number of amides is 2. The molecule has 3 aromatic carbocycles. The summed E-state index contributed by atoms with van der Waals surface area (Å²) in [4.78, 5) is 28.6. The zero-order valence-electron chi connectivity index (χ0n) is 24.7. The number of carbonyl (C=O) groups is 2. The number of benzene rings is 3. The molecule has 0 aliphatic rings. The minimum atomic E-state index is -4.25. The first kappa shape index (κ1) is 31.5. The van der Waals surface area contributed by atoms with Crippen molar-refractivity contribution >= 4 is 27.5 Å². The van der Waals surface area contributed by atoms with Crippen LogP contribution < -0.4 is 19.1 Å². The van der Waals surface area contributed by atoms with E-state index in [-0.39, 0.29) is 34.8 Å². The summed E-state index contributed by atoms with van der Waals surface area (Å²) >= 11 is 0. The molecule has 0 aliphatic carbocycles. The number of nitrogens with one attached hydrogen (secondary N) is 1. The fourth-order valence-corrected chi connectivity index (χ4v) is 5.64. The Balaban J connectivity index is 2.12. The van der Waals surface area contributed by atoms with Crippen molar-refractivity contribution in [1.82, 2.24) is 10.2 Å². The van der Waals surface area contributed by atoms with Gasteiger partial charge in [0, 0.05) is 18.7 Å². The SMILES string of the molecule is COc1ccc(OC)c(N(CC(=O)N(Cc2ccc(C)cc2)[C@H](C)C(=O)NC(C)C)S(=O)(=O)c2ccc(C)cc2)c1. The van der Waals surface area contributed by atoms with Gasteiger partial charge in [0.15, 0.2) is 0 Å². The van der Waals surface area contributed by atoms with Gasteiger partial charge in [-0.2, -0.15) is 0 Å². The number of ether oxygens (including phenoxy) is 2. The number of carbonyl (C=O) groups excluding carboxylic acids is 2. The Bertz CT molecular complexity index is 1450. The molecule has 9 nitrogen and oxygen atoms in total. The number of rotatable bonds is 12. The van der Waals surface area contributed by atoms with Crippen molar-refractivity contribution < 1.29 is 27.5 Å². The third-order valence-electron chi connectivity index (χ3n) is 6.61. The van der Waals surface area contributed by atoms with E-state index in [1.54, 1.807) is 31.2 Å². The first-order valence-corrected chi connectivity index (χ1v) is 14.8. The van der Waals surface area contributed by atoms with Gasteiger partial charge in [0.1, 0.15) is 24.1 Å². The second kappa shape index (κ2) is 13.5. The maximum Gasteiger partial charge on any atom is 0.264 e. The molecule has 0 aromatic heterocycles. The fraction of sp³-hybridized carbons (Fsp3) is 0.355. The van der Waals surface area contributed by atoms with Crippen LogP contribution in [0.5, 0.6) is 11.5 Å². The molecule has 0 fully saturated rings. The third kappa shape index (κ3) is 7.79. The zero-order valence-corrected chi connectivity index (χ0v) is 25.5. The summed E-state index contributed by atoms with van der Waals surface area (Å²) in [5.74, 6) is -0.270. The van der Waals surface area contributed by atoms with Gasteiger partial charge in [-0.3, -0.25) is 13.9 Å². The Morgan fingerprint density at radius 3 is 1.98 bits per heavy atom. The number of hydrogen-bond acceptors (Lipinski definition) is 6. The lowest BCUT2D eigenvalue weighted by Gasteiger charge is -2.32. The van der Waals surface area contributed by atoms with E-state index in [0.717, 1.165) is 21.0 Å². The highest BCUT2D eigenvalue weighted by molar-refractivity contribution is 7.92. The first-order valence-electron chi connectivity index (χ1n) is 13.3. The molecular formula is C31H39N3O6S. The van der Waals surface area contributed by atoms with Gasteiger partial charge in [-0.15, -0.1) is 0 Å². The zero-order chi connectivity index (χ0) is 30.3. The molecule has 3 rings (SSSR count). The van der Waals surface area contributed by atoms with Gasteiger partial charge in [0.2, 0.25) is 11.8 Å². The highest BCUT2D eigenvalue weighted by atomic mass is 32.2. The van der Waals surface area contributed by atoms with Crippen LogP contribution >= 0.6 is 0 Å². The number of sulfonamides is 1. The number of aryl methyl sites for hydroxylation is 2. The Morgan fingerprint density at radius 2 is 1.44 bits per heavy atom. The van der Waals surface area contributed by atoms with Crippen LogP contribution in [0.3, 0.4) is 0 Å². The summed E-state index contributed by atoms with van der Waals surface area (Å²) in [5.41, 5.74) is 2.88. The van der Waals surface area contributed by atoms with Gasteiger partial charge >= 0.3 is 0 Å². The molecule has 41 heavy (non-hydrogen) atoms. The molecule has 10 heteroatoms. The minimum Gasteiger partial charge on any atom is -0.497 e. The van der Waals surface area contributed by atoms with Crippen molar-refractivity contribution in [2.75, 3.05) is 25.1 Å². The summed E-state index contributed by atoms with van der Waals surface area (Å²) in [6.45, 7) is 8.65.